The standard InChI is InChI=1S/C2H4Cl2.C2H2Cl2/c1-2(3)4;3-1-2-4/h2H,1H3;1-2H/b;2-1+. The Morgan fingerprint density at radius 2 is 1.25 bits per heavy atom. The van der Waals surface area contributed by atoms with E-state index in [2.05, 4.69) is 0 Å². The number of hydrogen-bond acceptors (Lipinski definition) is 0. The summed E-state index contributed by atoms with van der Waals surface area (Å²) in [5.41, 5.74) is 2.48. The van der Waals surface area contributed by atoms with Gasteiger partial charge in [-0.2, -0.15) is 0 Å². The Kier molecular flexibility index (Phi) is 15.8. The second-order valence-corrected chi connectivity index (χ2v) is 2.81. The number of halogens is 4. The third-order valence-electron chi connectivity index (χ3n) is 0.0476. The van der Waals surface area contributed by atoms with Crippen LogP contribution in [0.2, 0.25) is 0 Å². The van der Waals surface area contributed by atoms with Crippen molar-refractivity contribution in [3.8, 4) is 0 Å². The Bertz CT molecular complexity index is 43.2. The van der Waals surface area contributed by atoms with Crippen molar-refractivity contribution in [3.05, 3.63) is 11.1 Å². The first kappa shape index (κ1) is 11.7. The molecule has 0 rings (SSSR count). The largest absolute Gasteiger partial charge is 0.106 e. The molecule has 0 aromatic carbocycles. The zero-order valence-corrected chi connectivity index (χ0v) is 7.27. The lowest BCUT2D eigenvalue weighted by Gasteiger charge is -1.72. The van der Waals surface area contributed by atoms with E-state index >= 15 is 0 Å². The molecule has 8 heavy (non-hydrogen) atoms. The minimum atomic E-state index is -0.222. The molecule has 0 radical (unpaired) electrons. The van der Waals surface area contributed by atoms with Gasteiger partial charge in [-0.15, -0.1) is 23.2 Å². The van der Waals surface area contributed by atoms with Gasteiger partial charge in [0.25, 0.3) is 0 Å². The van der Waals surface area contributed by atoms with Gasteiger partial charge in [-0.3, -0.25) is 0 Å². The Morgan fingerprint density at radius 3 is 1.25 bits per heavy atom. The van der Waals surface area contributed by atoms with Gasteiger partial charge in [0, 0.05) is 11.1 Å². The van der Waals surface area contributed by atoms with Crippen molar-refractivity contribution in [2.75, 3.05) is 0 Å². The average molecular weight is 196 g/mol. The molecule has 0 fully saturated rings. The summed E-state index contributed by atoms with van der Waals surface area (Å²) < 4.78 is 0. The Hall–Kier alpha value is 0.900. The van der Waals surface area contributed by atoms with E-state index in [1.165, 1.54) is 11.1 Å². The number of rotatable bonds is 0. The van der Waals surface area contributed by atoms with Crippen LogP contribution in [0.15, 0.2) is 11.1 Å². The fourth-order valence-electron chi connectivity index (χ4n) is 0. The maximum atomic E-state index is 5.04. The molecule has 4 heteroatoms. The molecular weight excluding hydrogens is 190 g/mol. The molecule has 0 aromatic heterocycles. The van der Waals surface area contributed by atoms with E-state index in [0.29, 0.717) is 0 Å². The molecule has 0 saturated heterocycles. The molecule has 0 heterocycles. The summed E-state index contributed by atoms with van der Waals surface area (Å²) in [6.45, 7) is 1.70. The minimum absolute atomic E-state index is 0.222. The summed E-state index contributed by atoms with van der Waals surface area (Å²) in [5.74, 6) is 0. The van der Waals surface area contributed by atoms with Crippen molar-refractivity contribution < 1.29 is 0 Å². The molecule has 50 valence electrons. The van der Waals surface area contributed by atoms with Gasteiger partial charge in [0.2, 0.25) is 0 Å². The summed E-state index contributed by atoms with van der Waals surface area (Å²) in [7, 11) is 0. The number of hydrogen-bond donors (Lipinski definition) is 0. The molecule has 0 aliphatic heterocycles. The van der Waals surface area contributed by atoms with Gasteiger partial charge in [-0.25, -0.2) is 0 Å². The molecule has 0 aromatic rings. The monoisotopic (exact) mass is 194 g/mol. The van der Waals surface area contributed by atoms with Crippen LogP contribution in [0.1, 0.15) is 6.92 Å². The van der Waals surface area contributed by atoms with E-state index in [0.717, 1.165) is 0 Å². The predicted molar refractivity (Wildman–Crippen MR) is 42.0 cm³/mol. The fourth-order valence-corrected chi connectivity index (χ4v) is 0. The van der Waals surface area contributed by atoms with Crippen LogP contribution in [0.4, 0.5) is 0 Å². The molecule has 0 amide bonds. The molecule has 0 aliphatic rings. The lowest BCUT2D eigenvalue weighted by atomic mass is 11.0. The van der Waals surface area contributed by atoms with E-state index in [4.69, 9.17) is 46.4 Å². The van der Waals surface area contributed by atoms with Crippen LogP contribution in [0, 0.1) is 0 Å². The first-order valence-electron chi connectivity index (χ1n) is 1.78. The highest BCUT2D eigenvalue weighted by atomic mass is 35.5. The first-order chi connectivity index (χ1) is 3.65. The zero-order chi connectivity index (χ0) is 6.99. The quantitative estimate of drug-likeness (QED) is 0.517. The average Bonchev–Trinajstić information content (AvgIpc) is 1.65. The second kappa shape index (κ2) is 10.8. The van der Waals surface area contributed by atoms with Crippen LogP contribution in [0.5, 0.6) is 0 Å². The van der Waals surface area contributed by atoms with Crippen molar-refractivity contribution in [2.24, 2.45) is 0 Å². The lowest BCUT2D eigenvalue weighted by molar-refractivity contribution is 1.39. The van der Waals surface area contributed by atoms with E-state index in [9.17, 15) is 0 Å². The summed E-state index contributed by atoms with van der Waals surface area (Å²) >= 11 is 19.8. The highest BCUT2D eigenvalue weighted by Crippen LogP contribution is 1.95. The minimum Gasteiger partial charge on any atom is -0.106 e. The van der Waals surface area contributed by atoms with Crippen molar-refractivity contribution in [2.45, 2.75) is 11.8 Å². The van der Waals surface area contributed by atoms with Crippen LogP contribution in [0.25, 0.3) is 0 Å². The van der Waals surface area contributed by atoms with E-state index in [-0.39, 0.29) is 4.84 Å². The van der Waals surface area contributed by atoms with Crippen molar-refractivity contribution in [1.29, 1.82) is 0 Å². The third-order valence-corrected chi connectivity index (χ3v) is 0.429. The smallest absolute Gasteiger partial charge is 0.105 e. The van der Waals surface area contributed by atoms with Gasteiger partial charge >= 0.3 is 0 Å². The highest BCUT2D eigenvalue weighted by Gasteiger charge is 1.75. The normalized spacial score (nSPS) is 9.25. The van der Waals surface area contributed by atoms with Crippen LogP contribution in [-0.2, 0) is 0 Å². The molecule has 0 N–H and O–H groups in total. The predicted octanol–water partition coefficient (Wildman–Crippen LogP) is 3.75. The van der Waals surface area contributed by atoms with E-state index < -0.39 is 0 Å². The van der Waals surface area contributed by atoms with Gasteiger partial charge in [-0.1, -0.05) is 23.2 Å². The Morgan fingerprint density at radius 1 is 1.12 bits per heavy atom. The Balaban J connectivity index is 0. The van der Waals surface area contributed by atoms with E-state index in [1.807, 2.05) is 0 Å². The van der Waals surface area contributed by atoms with Crippen LogP contribution < -0.4 is 0 Å². The zero-order valence-electron chi connectivity index (χ0n) is 4.24. The van der Waals surface area contributed by atoms with Gasteiger partial charge < -0.3 is 0 Å². The van der Waals surface area contributed by atoms with Crippen LogP contribution in [-0.4, -0.2) is 4.84 Å². The highest BCUT2D eigenvalue weighted by molar-refractivity contribution is 6.43. The fraction of sp³-hybridized carbons (Fsp3) is 0.500. The molecule has 0 saturated carbocycles. The van der Waals surface area contributed by atoms with Gasteiger partial charge in [0.1, 0.15) is 4.84 Å². The Labute approximate surface area is 69.4 Å². The molecule has 0 atom stereocenters. The topological polar surface area (TPSA) is 0 Å². The summed E-state index contributed by atoms with van der Waals surface area (Å²) in [5, 5.41) is 0. The lowest BCUT2D eigenvalue weighted by Crippen LogP contribution is -1.63. The van der Waals surface area contributed by atoms with Crippen molar-refractivity contribution in [1.82, 2.24) is 0 Å². The molecule has 0 aliphatic carbocycles. The summed E-state index contributed by atoms with van der Waals surface area (Å²) in [6.07, 6.45) is 0. The van der Waals surface area contributed by atoms with Crippen LogP contribution >= 0.6 is 46.4 Å². The van der Waals surface area contributed by atoms with Gasteiger partial charge in [0.05, 0.1) is 0 Å². The van der Waals surface area contributed by atoms with Gasteiger partial charge in [0.15, 0.2) is 0 Å². The number of alkyl halides is 2. The summed E-state index contributed by atoms with van der Waals surface area (Å²) in [4.78, 5) is -0.222. The SMILES string of the molecule is CC(Cl)Cl.Cl/C=C/Cl. The summed E-state index contributed by atoms with van der Waals surface area (Å²) in [6, 6.07) is 0. The van der Waals surface area contributed by atoms with Crippen LogP contribution in [0.3, 0.4) is 0 Å². The third kappa shape index (κ3) is 66.5. The van der Waals surface area contributed by atoms with Gasteiger partial charge in [-0.05, 0) is 6.92 Å². The van der Waals surface area contributed by atoms with Crippen molar-refractivity contribution >= 4 is 46.4 Å². The first-order valence-corrected chi connectivity index (χ1v) is 3.53. The maximum Gasteiger partial charge on any atom is 0.105 e. The second-order valence-electron chi connectivity index (χ2n) is 0.771. The molecule has 0 nitrogen and oxygen atoms in total. The molecular formula is C4H6Cl4. The van der Waals surface area contributed by atoms with E-state index in [1.54, 1.807) is 6.92 Å². The molecule has 0 spiro atoms. The molecule has 0 unspecified atom stereocenters. The maximum absolute atomic E-state index is 5.04. The molecule has 0 bridgehead atoms. The van der Waals surface area contributed by atoms with Crippen molar-refractivity contribution in [3.63, 3.8) is 0 Å².